The van der Waals surface area contributed by atoms with Gasteiger partial charge >= 0.3 is 0 Å². The molecule has 1 aromatic carbocycles. The number of hydrogen-bond acceptors (Lipinski definition) is 4. The highest BCUT2D eigenvalue weighted by molar-refractivity contribution is 8.13. The largest absolute Gasteiger partial charge is 0.496 e. The molecule has 1 aromatic rings. The Morgan fingerprint density at radius 1 is 1.45 bits per heavy atom. The molecule has 1 fully saturated rings. The highest BCUT2D eigenvalue weighted by Crippen LogP contribution is 2.28. The molecule has 0 bridgehead atoms. The Kier molecular flexibility index (Phi) is 4.25. The lowest BCUT2D eigenvalue weighted by molar-refractivity contribution is 0.0744. The molecule has 0 saturated carbocycles. The van der Waals surface area contributed by atoms with Crippen LogP contribution in [0.1, 0.15) is 30.1 Å². The summed E-state index contributed by atoms with van der Waals surface area (Å²) < 4.78 is 27.9. The maximum absolute atomic E-state index is 12.5. The van der Waals surface area contributed by atoms with Gasteiger partial charge in [-0.15, -0.1) is 0 Å². The van der Waals surface area contributed by atoms with E-state index in [4.69, 9.17) is 15.4 Å². The van der Waals surface area contributed by atoms with Gasteiger partial charge in [-0.25, -0.2) is 8.42 Å². The van der Waals surface area contributed by atoms with Crippen LogP contribution in [-0.2, 0) is 9.05 Å². The first kappa shape index (κ1) is 15.1. The Balaban J connectivity index is 2.45. The first-order valence-electron chi connectivity index (χ1n) is 6.28. The summed E-state index contributed by atoms with van der Waals surface area (Å²) in [7, 11) is 2.89. The minimum Gasteiger partial charge on any atom is -0.496 e. The van der Waals surface area contributed by atoms with Gasteiger partial charge < -0.3 is 9.64 Å². The summed E-state index contributed by atoms with van der Waals surface area (Å²) in [4.78, 5) is 14.1. The summed E-state index contributed by atoms with van der Waals surface area (Å²) >= 11 is 0. The average molecular weight is 318 g/mol. The van der Waals surface area contributed by atoms with Crippen molar-refractivity contribution >= 4 is 25.6 Å². The van der Waals surface area contributed by atoms with Gasteiger partial charge in [-0.1, -0.05) is 0 Å². The summed E-state index contributed by atoms with van der Waals surface area (Å²) in [6, 6.07) is 4.19. The average Bonchev–Trinajstić information content (AvgIpc) is 2.82. The first-order chi connectivity index (χ1) is 9.34. The normalized spacial score (nSPS) is 19.1. The Labute approximate surface area is 122 Å². The van der Waals surface area contributed by atoms with Gasteiger partial charge in [0.25, 0.3) is 15.0 Å². The molecule has 1 unspecified atom stereocenters. The molecule has 7 heteroatoms. The van der Waals surface area contributed by atoms with Gasteiger partial charge in [-0.3, -0.25) is 4.79 Å². The van der Waals surface area contributed by atoms with Crippen molar-refractivity contribution in [3.8, 4) is 5.75 Å². The van der Waals surface area contributed by atoms with Gasteiger partial charge in [-0.2, -0.15) is 0 Å². The molecule has 110 valence electrons. The van der Waals surface area contributed by atoms with E-state index in [1.54, 1.807) is 4.90 Å². The summed E-state index contributed by atoms with van der Waals surface area (Å²) in [6.07, 6.45) is 1.89. The summed E-state index contributed by atoms with van der Waals surface area (Å²) in [6.45, 7) is 2.64. The van der Waals surface area contributed by atoms with E-state index in [0.29, 0.717) is 12.3 Å². The topological polar surface area (TPSA) is 63.7 Å². The molecule has 1 aliphatic rings. The van der Waals surface area contributed by atoms with Crippen molar-refractivity contribution < 1.29 is 17.9 Å². The van der Waals surface area contributed by atoms with Crippen molar-refractivity contribution in [2.45, 2.75) is 30.7 Å². The van der Waals surface area contributed by atoms with Crippen molar-refractivity contribution in [1.29, 1.82) is 0 Å². The van der Waals surface area contributed by atoms with E-state index in [9.17, 15) is 13.2 Å². The molecule has 1 amide bonds. The molecule has 1 aliphatic heterocycles. The van der Waals surface area contributed by atoms with Crippen LogP contribution in [0, 0.1) is 0 Å². The number of benzene rings is 1. The maximum atomic E-state index is 12.5. The SMILES string of the molecule is COc1ccc(S(=O)(=O)Cl)cc1C(=O)N1CCCC1C. The van der Waals surface area contributed by atoms with Crippen LogP contribution in [0.15, 0.2) is 23.1 Å². The van der Waals surface area contributed by atoms with Crippen LogP contribution in [-0.4, -0.2) is 38.9 Å². The second-order valence-corrected chi connectivity index (χ2v) is 7.36. The van der Waals surface area contributed by atoms with E-state index in [1.807, 2.05) is 6.92 Å². The van der Waals surface area contributed by atoms with Crippen molar-refractivity contribution in [3.63, 3.8) is 0 Å². The van der Waals surface area contributed by atoms with Gasteiger partial charge in [0.1, 0.15) is 5.75 Å². The molecule has 0 N–H and O–H groups in total. The Morgan fingerprint density at radius 2 is 2.15 bits per heavy atom. The second kappa shape index (κ2) is 5.61. The lowest BCUT2D eigenvalue weighted by atomic mass is 10.1. The zero-order valence-electron chi connectivity index (χ0n) is 11.3. The number of carbonyl (C=O) groups excluding carboxylic acids is 1. The van der Waals surface area contributed by atoms with E-state index in [1.165, 1.54) is 25.3 Å². The Bertz CT molecular complexity index is 629. The highest BCUT2D eigenvalue weighted by atomic mass is 35.7. The third kappa shape index (κ3) is 2.91. The molecule has 0 aromatic heterocycles. The predicted octanol–water partition coefficient (Wildman–Crippen LogP) is 2.25. The number of amides is 1. The van der Waals surface area contributed by atoms with Crippen LogP contribution < -0.4 is 4.74 Å². The van der Waals surface area contributed by atoms with Crippen LogP contribution in [0.5, 0.6) is 5.75 Å². The maximum Gasteiger partial charge on any atom is 0.261 e. The second-order valence-electron chi connectivity index (χ2n) is 4.79. The zero-order valence-corrected chi connectivity index (χ0v) is 12.9. The molecule has 5 nitrogen and oxygen atoms in total. The predicted molar refractivity (Wildman–Crippen MR) is 75.8 cm³/mol. The van der Waals surface area contributed by atoms with Crippen molar-refractivity contribution in [2.75, 3.05) is 13.7 Å². The molecule has 0 radical (unpaired) electrons. The minimum atomic E-state index is -3.87. The van der Waals surface area contributed by atoms with E-state index in [2.05, 4.69) is 0 Å². The van der Waals surface area contributed by atoms with E-state index in [-0.39, 0.29) is 22.4 Å². The number of ether oxygens (including phenoxy) is 1. The Hall–Kier alpha value is -1.27. The molecule has 20 heavy (non-hydrogen) atoms. The standard InChI is InChI=1S/C13H16ClNO4S/c1-9-4-3-7-15(9)13(16)11-8-10(20(14,17)18)5-6-12(11)19-2/h5-6,8-9H,3-4,7H2,1-2H3. The fourth-order valence-corrected chi connectivity index (χ4v) is 3.17. The third-order valence-corrected chi connectivity index (χ3v) is 4.85. The molecule has 1 atom stereocenters. The number of methoxy groups -OCH3 is 1. The molecule has 0 spiro atoms. The lowest BCUT2D eigenvalue weighted by Crippen LogP contribution is -2.33. The number of nitrogens with zero attached hydrogens (tertiary/aromatic N) is 1. The van der Waals surface area contributed by atoms with E-state index < -0.39 is 9.05 Å². The summed E-state index contributed by atoms with van der Waals surface area (Å²) in [5.41, 5.74) is 0.225. The van der Waals surface area contributed by atoms with Crippen LogP contribution in [0.2, 0.25) is 0 Å². The quantitative estimate of drug-likeness (QED) is 0.802. The number of rotatable bonds is 3. The van der Waals surface area contributed by atoms with Crippen molar-refractivity contribution in [3.05, 3.63) is 23.8 Å². The molecule has 2 rings (SSSR count). The van der Waals surface area contributed by atoms with Gasteiger partial charge in [0.05, 0.1) is 17.6 Å². The van der Waals surface area contributed by atoms with Crippen LogP contribution >= 0.6 is 10.7 Å². The third-order valence-electron chi connectivity index (χ3n) is 3.50. The number of hydrogen-bond donors (Lipinski definition) is 0. The van der Waals surface area contributed by atoms with Gasteiger partial charge in [0.2, 0.25) is 0 Å². The monoisotopic (exact) mass is 317 g/mol. The van der Waals surface area contributed by atoms with E-state index in [0.717, 1.165) is 12.8 Å². The summed E-state index contributed by atoms with van der Waals surface area (Å²) in [5, 5.41) is 0. The fourth-order valence-electron chi connectivity index (χ4n) is 2.40. The van der Waals surface area contributed by atoms with Crippen LogP contribution in [0.3, 0.4) is 0 Å². The van der Waals surface area contributed by atoms with Crippen molar-refractivity contribution in [1.82, 2.24) is 4.90 Å². The van der Waals surface area contributed by atoms with Crippen LogP contribution in [0.4, 0.5) is 0 Å². The van der Waals surface area contributed by atoms with Crippen LogP contribution in [0.25, 0.3) is 0 Å². The van der Waals surface area contributed by atoms with E-state index >= 15 is 0 Å². The molecule has 1 heterocycles. The molecule has 1 saturated heterocycles. The Morgan fingerprint density at radius 3 is 2.65 bits per heavy atom. The van der Waals surface area contributed by atoms with Gasteiger partial charge in [0.15, 0.2) is 0 Å². The highest BCUT2D eigenvalue weighted by Gasteiger charge is 2.28. The van der Waals surface area contributed by atoms with Gasteiger partial charge in [0, 0.05) is 23.3 Å². The molecule has 0 aliphatic carbocycles. The van der Waals surface area contributed by atoms with Gasteiger partial charge in [-0.05, 0) is 38.0 Å². The molecular weight excluding hydrogens is 302 g/mol. The molecular formula is C13H16ClNO4S. The summed E-state index contributed by atoms with van der Waals surface area (Å²) in [5.74, 6) is 0.118. The number of halogens is 1. The fraction of sp³-hybridized carbons (Fsp3) is 0.462. The number of carbonyl (C=O) groups is 1. The zero-order chi connectivity index (χ0) is 14.9. The number of likely N-dealkylation sites (tertiary alicyclic amines) is 1. The first-order valence-corrected chi connectivity index (χ1v) is 8.59. The lowest BCUT2D eigenvalue weighted by Gasteiger charge is -2.22. The van der Waals surface area contributed by atoms with Crippen molar-refractivity contribution in [2.24, 2.45) is 0 Å². The minimum absolute atomic E-state index is 0.102. The smallest absolute Gasteiger partial charge is 0.261 e.